The van der Waals surface area contributed by atoms with E-state index in [1.165, 1.54) is 18.2 Å². The first-order valence-electron chi connectivity index (χ1n) is 7.72. The molecule has 0 atom stereocenters. The highest BCUT2D eigenvalue weighted by atomic mass is 16.4. The molecule has 1 aliphatic rings. The molecule has 4 N–H and O–H groups in total. The molecule has 25 heavy (non-hydrogen) atoms. The first kappa shape index (κ1) is 16.5. The first-order chi connectivity index (χ1) is 11.9. The lowest BCUT2D eigenvalue weighted by Crippen LogP contribution is -2.14. The van der Waals surface area contributed by atoms with Crippen LogP contribution in [-0.2, 0) is 4.79 Å². The van der Waals surface area contributed by atoms with Gasteiger partial charge in [-0.25, -0.2) is 4.79 Å². The molecule has 0 aliphatic heterocycles. The summed E-state index contributed by atoms with van der Waals surface area (Å²) in [6, 6.07) is 10.2. The monoisotopic (exact) mass is 340 g/mol. The van der Waals surface area contributed by atoms with Crippen molar-refractivity contribution in [3.8, 4) is 5.75 Å². The smallest absolute Gasteiger partial charge is 0.339 e. The van der Waals surface area contributed by atoms with Crippen molar-refractivity contribution in [2.75, 3.05) is 10.6 Å². The number of carbonyl (C=O) groups excluding carboxylic acids is 2. The van der Waals surface area contributed by atoms with Gasteiger partial charge in [0.1, 0.15) is 11.3 Å². The van der Waals surface area contributed by atoms with Gasteiger partial charge in [-0.2, -0.15) is 0 Å². The highest BCUT2D eigenvalue weighted by molar-refractivity contribution is 6.05. The number of aromatic carboxylic acids is 1. The number of aromatic hydroxyl groups is 1. The summed E-state index contributed by atoms with van der Waals surface area (Å²) in [5.74, 6) is -2.00. The molecule has 1 saturated carbocycles. The number of rotatable bonds is 5. The van der Waals surface area contributed by atoms with Crippen molar-refractivity contribution in [2.24, 2.45) is 5.92 Å². The summed E-state index contributed by atoms with van der Waals surface area (Å²) in [6.45, 7) is 0. The zero-order valence-electron chi connectivity index (χ0n) is 13.2. The van der Waals surface area contributed by atoms with E-state index >= 15 is 0 Å². The highest BCUT2D eigenvalue weighted by Crippen LogP contribution is 2.30. The average molecular weight is 340 g/mol. The molecule has 0 spiro atoms. The number of amides is 2. The summed E-state index contributed by atoms with van der Waals surface area (Å²) in [5, 5.41) is 23.9. The van der Waals surface area contributed by atoms with E-state index < -0.39 is 17.6 Å². The molecule has 0 aromatic heterocycles. The van der Waals surface area contributed by atoms with Gasteiger partial charge in [0.2, 0.25) is 5.91 Å². The SMILES string of the molecule is O=C(Nc1ccc(C(=O)O)c(O)c1)c1ccc(NC(=O)C2CC2)cc1. The molecule has 0 radical (unpaired) electrons. The van der Waals surface area contributed by atoms with Gasteiger partial charge in [-0.1, -0.05) is 0 Å². The van der Waals surface area contributed by atoms with Crippen LogP contribution in [0.5, 0.6) is 5.75 Å². The van der Waals surface area contributed by atoms with Crippen molar-refractivity contribution in [1.82, 2.24) is 0 Å². The molecule has 7 nitrogen and oxygen atoms in total. The second kappa shape index (κ2) is 6.64. The van der Waals surface area contributed by atoms with Crippen LogP contribution in [0.1, 0.15) is 33.6 Å². The number of carboxylic acids is 1. The summed E-state index contributed by atoms with van der Waals surface area (Å²) < 4.78 is 0. The van der Waals surface area contributed by atoms with Crippen molar-refractivity contribution in [2.45, 2.75) is 12.8 Å². The molecule has 3 rings (SSSR count). The van der Waals surface area contributed by atoms with E-state index in [-0.39, 0.29) is 23.1 Å². The van der Waals surface area contributed by atoms with Crippen molar-refractivity contribution >= 4 is 29.2 Å². The summed E-state index contributed by atoms with van der Waals surface area (Å²) >= 11 is 0. The van der Waals surface area contributed by atoms with E-state index in [2.05, 4.69) is 10.6 Å². The Balaban J connectivity index is 1.65. The lowest BCUT2D eigenvalue weighted by atomic mass is 10.1. The Morgan fingerprint density at radius 2 is 1.56 bits per heavy atom. The van der Waals surface area contributed by atoms with Gasteiger partial charge in [0.05, 0.1) is 0 Å². The van der Waals surface area contributed by atoms with Gasteiger partial charge in [-0.15, -0.1) is 0 Å². The largest absolute Gasteiger partial charge is 0.507 e. The Morgan fingerprint density at radius 3 is 2.12 bits per heavy atom. The molecule has 2 aromatic carbocycles. The van der Waals surface area contributed by atoms with Crippen LogP contribution in [0, 0.1) is 5.92 Å². The number of nitrogens with one attached hydrogen (secondary N) is 2. The third-order valence-electron chi connectivity index (χ3n) is 3.85. The predicted octanol–water partition coefficient (Wildman–Crippen LogP) is 2.69. The van der Waals surface area contributed by atoms with E-state index in [1.54, 1.807) is 24.3 Å². The number of phenols is 1. The molecule has 2 amide bonds. The molecule has 1 aliphatic carbocycles. The Morgan fingerprint density at radius 1 is 0.920 bits per heavy atom. The van der Waals surface area contributed by atoms with Gasteiger partial charge in [0.15, 0.2) is 0 Å². The summed E-state index contributed by atoms with van der Waals surface area (Å²) in [5.41, 5.74) is 1.02. The minimum Gasteiger partial charge on any atom is -0.507 e. The second-order valence-corrected chi connectivity index (χ2v) is 5.83. The van der Waals surface area contributed by atoms with Crippen LogP contribution in [0.15, 0.2) is 42.5 Å². The van der Waals surface area contributed by atoms with Crippen LogP contribution in [0.4, 0.5) is 11.4 Å². The molecule has 128 valence electrons. The van der Waals surface area contributed by atoms with E-state index in [1.807, 2.05) is 0 Å². The van der Waals surface area contributed by atoms with Crippen molar-refractivity contribution in [3.05, 3.63) is 53.6 Å². The van der Waals surface area contributed by atoms with Crippen LogP contribution < -0.4 is 10.6 Å². The van der Waals surface area contributed by atoms with Crippen LogP contribution >= 0.6 is 0 Å². The molecule has 1 fully saturated rings. The van der Waals surface area contributed by atoms with Gasteiger partial charge in [0, 0.05) is 28.9 Å². The average Bonchev–Trinajstić information content (AvgIpc) is 3.40. The maximum absolute atomic E-state index is 12.2. The van der Waals surface area contributed by atoms with Gasteiger partial charge < -0.3 is 20.8 Å². The standard InChI is InChI=1S/C18H16N2O5/c21-15-9-13(7-8-14(15)18(24)25)20-17(23)11-3-5-12(6-4-11)19-16(22)10-1-2-10/h3-10,21H,1-2H2,(H,19,22)(H,20,23)(H,24,25). The Labute approximate surface area is 143 Å². The second-order valence-electron chi connectivity index (χ2n) is 5.83. The van der Waals surface area contributed by atoms with Crippen LogP contribution in [-0.4, -0.2) is 28.0 Å². The van der Waals surface area contributed by atoms with Gasteiger partial charge >= 0.3 is 5.97 Å². The summed E-state index contributed by atoms with van der Waals surface area (Å²) in [6.07, 6.45) is 1.83. The topological polar surface area (TPSA) is 116 Å². The summed E-state index contributed by atoms with van der Waals surface area (Å²) in [4.78, 5) is 34.7. The van der Waals surface area contributed by atoms with Crippen LogP contribution in [0.25, 0.3) is 0 Å². The molecule has 0 bridgehead atoms. The van der Waals surface area contributed by atoms with Gasteiger partial charge in [-0.05, 0) is 49.2 Å². The Hall–Kier alpha value is -3.35. The molecule has 0 unspecified atom stereocenters. The van der Waals surface area contributed by atoms with E-state index in [0.717, 1.165) is 12.8 Å². The maximum atomic E-state index is 12.2. The molecule has 2 aromatic rings. The number of carboxylic acid groups (broad SMARTS) is 1. The summed E-state index contributed by atoms with van der Waals surface area (Å²) in [7, 11) is 0. The number of benzene rings is 2. The Kier molecular flexibility index (Phi) is 4.38. The highest BCUT2D eigenvalue weighted by Gasteiger charge is 2.29. The number of hydrogen-bond donors (Lipinski definition) is 4. The molecule has 0 saturated heterocycles. The van der Waals surface area contributed by atoms with Crippen molar-refractivity contribution in [1.29, 1.82) is 0 Å². The third-order valence-corrected chi connectivity index (χ3v) is 3.85. The zero-order chi connectivity index (χ0) is 18.0. The predicted molar refractivity (Wildman–Crippen MR) is 90.8 cm³/mol. The van der Waals surface area contributed by atoms with Crippen molar-refractivity contribution in [3.63, 3.8) is 0 Å². The first-order valence-corrected chi connectivity index (χ1v) is 7.72. The lowest BCUT2D eigenvalue weighted by Gasteiger charge is -2.08. The zero-order valence-corrected chi connectivity index (χ0v) is 13.2. The number of anilines is 2. The fourth-order valence-electron chi connectivity index (χ4n) is 2.29. The fraction of sp³-hybridized carbons (Fsp3) is 0.167. The third kappa shape index (κ3) is 3.95. The van der Waals surface area contributed by atoms with Crippen molar-refractivity contribution < 1.29 is 24.6 Å². The Bertz CT molecular complexity index is 841. The van der Waals surface area contributed by atoms with Gasteiger partial charge in [0.25, 0.3) is 5.91 Å². The molecule has 7 heteroatoms. The van der Waals surface area contributed by atoms with E-state index in [9.17, 15) is 19.5 Å². The van der Waals surface area contributed by atoms with E-state index in [0.29, 0.717) is 11.3 Å². The molecular weight excluding hydrogens is 324 g/mol. The molecular formula is C18H16N2O5. The van der Waals surface area contributed by atoms with Gasteiger partial charge in [-0.3, -0.25) is 9.59 Å². The quantitative estimate of drug-likeness (QED) is 0.668. The fourth-order valence-corrected chi connectivity index (χ4v) is 2.29. The minimum absolute atomic E-state index is 0.00815. The van der Waals surface area contributed by atoms with Crippen LogP contribution in [0.2, 0.25) is 0 Å². The number of hydrogen-bond acceptors (Lipinski definition) is 4. The van der Waals surface area contributed by atoms with E-state index in [4.69, 9.17) is 5.11 Å². The lowest BCUT2D eigenvalue weighted by molar-refractivity contribution is -0.117. The number of carbonyl (C=O) groups is 3. The minimum atomic E-state index is -1.25. The maximum Gasteiger partial charge on any atom is 0.339 e. The van der Waals surface area contributed by atoms with Crippen LogP contribution in [0.3, 0.4) is 0 Å². The molecule has 0 heterocycles. The normalized spacial score (nSPS) is 13.1.